The van der Waals surface area contributed by atoms with Gasteiger partial charge >= 0.3 is 0 Å². The van der Waals surface area contributed by atoms with Crippen LogP contribution in [0.3, 0.4) is 0 Å². The molecular formula is C18H23BrN2O5S2. The summed E-state index contributed by atoms with van der Waals surface area (Å²) in [5.74, 6) is -0.397. The summed E-state index contributed by atoms with van der Waals surface area (Å²) in [6, 6.07) is 9.62. The second kappa shape index (κ2) is 8.50. The molecule has 1 unspecified atom stereocenters. The highest BCUT2D eigenvalue weighted by Gasteiger charge is 2.25. The van der Waals surface area contributed by atoms with E-state index in [0.29, 0.717) is 19.5 Å². The molecular weight excluding hydrogens is 468 g/mol. The molecule has 0 radical (unpaired) electrons. The van der Waals surface area contributed by atoms with Crippen LogP contribution in [-0.4, -0.2) is 48.3 Å². The van der Waals surface area contributed by atoms with E-state index in [0.717, 1.165) is 22.9 Å². The van der Waals surface area contributed by atoms with Gasteiger partial charge in [-0.25, -0.2) is 21.6 Å². The van der Waals surface area contributed by atoms with Crippen LogP contribution >= 0.6 is 17.0 Å². The van der Waals surface area contributed by atoms with E-state index in [1.807, 2.05) is 0 Å². The molecule has 1 aliphatic rings. The first-order valence-corrected chi connectivity index (χ1v) is 11.8. The maximum atomic E-state index is 11.9. The number of hydrogen-bond donors (Lipinski definition) is 3. The topological polar surface area (TPSA) is 113 Å². The fourth-order valence-corrected chi connectivity index (χ4v) is 4.86. The van der Waals surface area contributed by atoms with Crippen LogP contribution in [-0.2, 0) is 26.3 Å². The van der Waals surface area contributed by atoms with Gasteiger partial charge < -0.3 is 10.4 Å². The number of rotatable bonds is 4. The Morgan fingerprint density at radius 3 is 2.32 bits per heavy atom. The van der Waals surface area contributed by atoms with Crippen LogP contribution in [0.5, 0.6) is 5.75 Å². The molecule has 0 spiro atoms. The summed E-state index contributed by atoms with van der Waals surface area (Å²) in [4.78, 5) is 0.100. The number of benzene rings is 2. The van der Waals surface area contributed by atoms with Gasteiger partial charge in [0.2, 0.25) is 10.0 Å². The third kappa shape index (κ3) is 4.57. The van der Waals surface area contributed by atoms with Gasteiger partial charge in [-0.05, 0) is 61.0 Å². The smallest absolute Gasteiger partial charge is 0.240 e. The van der Waals surface area contributed by atoms with Crippen LogP contribution in [0.25, 0.3) is 0 Å². The van der Waals surface area contributed by atoms with E-state index >= 15 is 0 Å². The Balaban J connectivity index is 0.00000280. The van der Waals surface area contributed by atoms with Crippen molar-refractivity contribution in [1.82, 2.24) is 10.0 Å². The molecule has 2 aromatic rings. The largest absolute Gasteiger partial charge is 0.507 e. The summed E-state index contributed by atoms with van der Waals surface area (Å²) in [5.41, 5.74) is 2.58. The van der Waals surface area contributed by atoms with Crippen molar-refractivity contribution >= 4 is 36.8 Å². The summed E-state index contributed by atoms with van der Waals surface area (Å²) in [7, 11) is -5.69. The van der Waals surface area contributed by atoms with Crippen molar-refractivity contribution < 1.29 is 21.9 Å². The van der Waals surface area contributed by atoms with Gasteiger partial charge in [0.15, 0.2) is 9.84 Å². The Hall–Kier alpha value is -1.46. The zero-order valence-corrected chi connectivity index (χ0v) is 18.8. The lowest BCUT2D eigenvalue weighted by molar-refractivity contribution is 0.457. The number of sulfonamides is 1. The Kier molecular flexibility index (Phi) is 6.93. The first kappa shape index (κ1) is 22.8. The zero-order chi connectivity index (χ0) is 19.8. The van der Waals surface area contributed by atoms with E-state index in [9.17, 15) is 21.9 Å². The second-order valence-corrected chi connectivity index (χ2v) is 10.4. The van der Waals surface area contributed by atoms with Crippen LogP contribution in [0.1, 0.15) is 22.6 Å². The quantitative estimate of drug-likeness (QED) is 0.599. The average Bonchev–Trinajstić information content (AvgIpc) is 2.82. The highest BCUT2D eigenvalue weighted by atomic mass is 79.9. The standard InChI is InChI=1S/C18H22N2O5S2.BrH/c1-19-27(24,25)14-5-3-12(4-6-14)16-11-20-8-7-13-9-18(26(2,22)23)17(21)10-15(13)16;/h3-6,9-10,16,19-21H,7-8,11H2,1-2H3;1H. The Bertz CT molecular complexity index is 1070. The van der Waals surface area contributed by atoms with Crippen LogP contribution in [0.4, 0.5) is 0 Å². The minimum absolute atomic E-state index is 0. The van der Waals surface area contributed by atoms with Crippen molar-refractivity contribution in [3.63, 3.8) is 0 Å². The summed E-state index contributed by atoms with van der Waals surface area (Å²) in [6.07, 6.45) is 1.71. The molecule has 154 valence electrons. The third-order valence-electron chi connectivity index (χ3n) is 4.78. The van der Waals surface area contributed by atoms with E-state index in [-0.39, 0.29) is 38.4 Å². The number of nitrogens with one attached hydrogen (secondary N) is 2. The zero-order valence-electron chi connectivity index (χ0n) is 15.5. The van der Waals surface area contributed by atoms with Gasteiger partial charge in [-0.1, -0.05) is 12.1 Å². The van der Waals surface area contributed by atoms with Gasteiger partial charge in [-0.3, -0.25) is 0 Å². The molecule has 7 nitrogen and oxygen atoms in total. The summed E-state index contributed by atoms with van der Waals surface area (Å²) >= 11 is 0. The number of hydrogen-bond acceptors (Lipinski definition) is 6. The Morgan fingerprint density at radius 2 is 1.75 bits per heavy atom. The monoisotopic (exact) mass is 490 g/mol. The van der Waals surface area contributed by atoms with Gasteiger partial charge in [0.1, 0.15) is 10.6 Å². The molecule has 0 amide bonds. The SMILES string of the molecule is Br.CNS(=O)(=O)c1ccc(C2CNCCc3cc(S(C)(=O)=O)c(O)cc32)cc1. The highest BCUT2D eigenvalue weighted by molar-refractivity contribution is 8.93. The molecule has 0 saturated carbocycles. The average molecular weight is 491 g/mol. The Morgan fingerprint density at radius 1 is 1.11 bits per heavy atom. The normalized spacial score (nSPS) is 17.3. The van der Waals surface area contributed by atoms with Crippen LogP contribution < -0.4 is 10.0 Å². The minimum atomic E-state index is -3.53. The van der Waals surface area contributed by atoms with E-state index in [1.54, 1.807) is 18.2 Å². The van der Waals surface area contributed by atoms with Crippen LogP contribution in [0, 0.1) is 0 Å². The fraction of sp³-hybridized carbons (Fsp3) is 0.333. The predicted molar refractivity (Wildman–Crippen MR) is 113 cm³/mol. The molecule has 3 rings (SSSR count). The van der Waals surface area contributed by atoms with Crippen LogP contribution in [0.15, 0.2) is 46.2 Å². The van der Waals surface area contributed by atoms with Crippen molar-refractivity contribution in [3.05, 3.63) is 53.1 Å². The molecule has 0 fully saturated rings. The first-order chi connectivity index (χ1) is 12.6. The minimum Gasteiger partial charge on any atom is -0.507 e. The predicted octanol–water partition coefficient (Wildman–Crippen LogP) is 1.56. The van der Waals surface area contributed by atoms with E-state index in [4.69, 9.17) is 0 Å². The van der Waals surface area contributed by atoms with E-state index in [1.165, 1.54) is 25.2 Å². The van der Waals surface area contributed by atoms with Crippen molar-refractivity contribution in [2.45, 2.75) is 22.1 Å². The lowest BCUT2D eigenvalue weighted by Crippen LogP contribution is -2.21. The Labute approximate surface area is 175 Å². The molecule has 1 heterocycles. The van der Waals surface area contributed by atoms with Crippen LogP contribution in [0.2, 0.25) is 0 Å². The number of phenols is 1. The first-order valence-electron chi connectivity index (χ1n) is 8.43. The molecule has 3 N–H and O–H groups in total. The lowest BCUT2D eigenvalue weighted by Gasteiger charge is -2.20. The molecule has 10 heteroatoms. The molecule has 0 bridgehead atoms. The number of aromatic hydroxyl groups is 1. The molecule has 1 aliphatic heterocycles. The molecule has 0 saturated heterocycles. The maximum Gasteiger partial charge on any atom is 0.240 e. The number of phenolic OH excluding ortho intramolecular Hbond substituents is 1. The van der Waals surface area contributed by atoms with Crippen molar-refractivity contribution in [2.24, 2.45) is 0 Å². The number of halogens is 1. The number of fused-ring (bicyclic) bond motifs is 1. The molecule has 0 aliphatic carbocycles. The molecule has 2 aromatic carbocycles. The van der Waals surface area contributed by atoms with Crippen molar-refractivity contribution in [1.29, 1.82) is 0 Å². The van der Waals surface area contributed by atoms with Gasteiger partial charge in [0.05, 0.1) is 4.90 Å². The van der Waals surface area contributed by atoms with E-state index < -0.39 is 19.9 Å². The van der Waals surface area contributed by atoms with Crippen molar-refractivity contribution in [2.75, 3.05) is 26.4 Å². The third-order valence-corrected chi connectivity index (χ3v) is 7.33. The molecule has 1 atom stereocenters. The second-order valence-electron chi connectivity index (χ2n) is 6.57. The van der Waals surface area contributed by atoms with Gasteiger partial charge in [-0.2, -0.15) is 0 Å². The maximum absolute atomic E-state index is 11.9. The van der Waals surface area contributed by atoms with Gasteiger partial charge in [0.25, 0.3) is 0 Å². The number of sulfone groups is 1. The summed E-state index contributed by atoms with van der Waals surface area (Å²) in [6.45, 7) is 1.28. The van der Waals surface area contributed by atoms with E-state index in [2.05, 4.69) is 10.0 Å². The molecule has 28 heavy (non-hydrogen) atoms. The summed E-state index contributed by atoms with van der Waals surface area (Å²) in [5, 5.41) is 13.6. The van der Waals surface area contributed by atoms with Crippen molar-refractivity contribution in [3.8, 4) is 5.75 Å². The highest BCUT2D eigenvalue weighted by Crippen LogP contribution is 2.35. The van der Waals surface area contributed by atoms with Gasteiger partial charge in [0, 0.05) is 18.7 Å². The fourth-order valence-electron chi connectivity index (χ4n) is 3.34. The summed E-state index contributed by atoms with van der Waals surface area (Å²) < 4.78 is 49.9. The lowest BCUT2D eigenvalue weighted by atomic mass is 9.88. The molecule has 0 aromatic heterocycles. The van der Waals surface area contributed by atoms with Gasteiger partial charge in [-0.15, -0.1) is 17.0 Å².